The van der Waals surface area contributed by atoms with E-state index < -0.39 is 0 Å². The Kier molecular flexibility index (Phi) is 3.77. The zero-order chi connectivity index (χ0) is 17.0. The normalized spacial score (nSPS) is 36.4. The van der Waals surface area contributed by atoms with Gasteiger partial charge >= 0.3 is 6.03 Å². The van der Waals surface area contributed by atoms with Crippen LogP contribution in [0.5, 0.6) is 0 Å². The van der Waals surface area contributed by atoms with Crippen LogP contribution in [-0.4, -0.2) is 55.1 Å². The van der Waals surface area contributed by atoms with E-state index in [-0.39, 0.29) is 6.03 Å². The molecule has 0 spiro atoms. The van der Waals surface area contributed by atoms with E-state index in [1.165, 1.54) is 18.4 Å². The summed E-state index contributed by atoms with van der Waals surface area (Å²) in [6.07, 6.45) is 4.78. The second-order valence-electron chi connectivity index (χ2n) is 8.66. The maximum absolute atomic E-state index is 12.8. The van der Waals surface area contributed by atoms with Gasteiger partial charge in [-0.25, -0.2) is 4.79 Å². The molecule has 5 unspecified atom stereocenters. The summed E-state index contributed by atoms with van der Waals surface area (Å²) in [5.41, 5.74) is 3.07. The van der Waals surface area contributed by atoms with Crippen LogP contribution < -0.4 is 5.32 Å². The van der Waals surface area contributed by atoms with Gasteiger partial charge in [0.05, 0.1) is 0 Å². The molecule has 0 aromatic heterocycles. The van der Waals surface area contributed by atoms with Gasteiger partial charge in [0.25, 0.3) is 0 Å². The molecule has 134 valence electrons. The highest BCUT2D eigenvalue weighted by Crippen LogP contribution is 2.60. The fourth-order valence-electron chi connectivity index (χ4n) is 5.91. The number of benzene rings is 1. The fraction of sp³-hybridized carbons (Fsp3) is 0.667. The predicted molar refractivity (Wildman–Crippen MR) is 98.6 cm³/mol. The summed E-state index contributed by atoms with van der Waals surface area (Å²) >= 11 is 0. The van der Waals surface area contributed by atoms with Crippen molar-refractivity contribution in [1.82, 2.24) is 15.1 Å². The lowest BCUT2D eigenvalue weighted by Gasteiger charge is -2.46. The van der Waals surface area contributed by atoms with Crippen molar-refractivity contribution in [1.29, 1.82) is 0 Å². The van der Waals surface area contributed by atoms with Gasteiger partial charge in [0.2, 0.25) is 0 Å². The number of amides is 2. The maximum Gasteiger partial charge on any atom is 0.317 e. The van der Waals surface area contributed by atoms with Crippen LogP contribution in [-0.2, 0) is 6.42 Å². The molecular formula is C21H29N3O. The molecular weight excluding hydrogens is 310 g/mol. The Morgan fingerprint density at radius 1 is 1.24 bits per heavy atom. The van der Waals surface area contributed by atoms with Crippen molar-refractivity contribution in [2.45, 2.75) is 37.6 Å². The maximum atomic E-state index is 12.8. The third-order valence-corrected chi connectivity index (χ3v) is 7.22. The Labute approximate surface area is 150 Å². The van der Waals surface area contributed by atoms with Gasteiger partial charge in [-0.1, -0.05) is 24.3 Å². The number of carbonyl (C=O) groups excluding carboxylic acids is 1. The third-order valence-electron chi connectivity index (χ3n) is 7.22. The summed E-state index contributed by atoms with van der Waals surface area (Å²) < 4.78 is 0. The van der Waals surface area contributed by atoms with Gasteiger partial charge in [-0.2, -0.15) is 0 Å². The molecule has 1 saturated carbocycles. The second-order valence-corrected chi connectivity index (χ2v) is 8.66. The number of urea groups is 1. The molecule has 4 nitrogen and oxygen atoms in total. The minimum atomic E-state index is 0.192. The highest BCUT2D eigenvalue weighted by atomic mass is 16.2. The van der Waals surface area contributed by atoms with Gasteiger partial charge in [0.15, 0.2) is 0 Å². The van der Waals surface area contributed by atoms with Crippen LogP contribution in [0.25, 0.3) is 0 Å². The SMILES string of the molecule is CN1CCC2C(CCCN2C(=O)NCC2C3Cc4ccccc4C23)C1. The van der Waals surface area contributed by atoms with Crippen molar-refractivity contribution in [2.24, 2.45) is 17.8 Å². The topological polar surface area (TPSA) is 35.6 Å². The van der Waals surface area contributed by atoms with Gasteiger partial charge in [-0.05, 0) is 74.1 Å². The van der Waals surface area contributed by atoms with Crippen molar-refractivity contribution >= 4 is 6.03 Å². The van der Waals surface area contributed by atoms with E-state index in [1.807, 2.05) is 0 Å². The quantitative estimate of drug-likeness (QED) is 0.899. The summed E-state index contributed by atoms with van der Waals surface area (Å²) in [5, 5.41) is 3.29. The minimum Gasteiger partial charge on any atom is -0.338 e. The van der Waals surface area contributed by atoms with Crippen LogP contribution in [0.15, 0.2) is 24.3 Å². The van der Waals surface area contributed by atoms with Crippen LogP contribution in [0, 0.1) is 17.8 Å². The number of fused-ring (bicyclic) bond motifs is 4. The first kappa shape index (κ1) is 15.7. The Bertz CT molecular complexity index is 675. The molecule has 4 aliphatic rings. The number of hydrogen-bond acceptors (Lipinski definition) is 2. The summed E-state index contributed by atoms with van der Waals surface area (Å²) in [5.74, 6) is 2.81. The number of nitrogens with zero attached hydrogens (tertiary/aromatic N) is 2. The monoisotopic (exact) mass is 339 g/mol. The zero-order valence-corrected chi connectivity index (χ0v) is 15.2. The van der Waals surface area contributed by atoms with Crippen LogP contribution in [0.4, 0.5) is 4.79 Å². The van der Waals surface area contributed by atoms with Gasteiger partial charge in [-0.3, -0.25) is 0 Å². The summed E-state index contributed by atoms with van der Waals surface area (Å²) in [4.78, 5) is 17.4. The first-order valence-electron chi connectivity index (χ1n) is 10.0. The highest BCUT2D eigenvalue weighted by Gasteiger charge is 2.55. The minimum absolute atomic E-state index is 0.192. The van der Waals surface area contributed by atoms with Crippen LogP contribution in [0.3, 0.4) is 0 Å². The van der Waals surface area contributed by atoms with E-state index >= 15 is 0 Å². The molecule has 2 aliphatic carbocycles. The Balaban J connectivity index is 1.18. The number of hydrogen-bond donors (Lipinski definition) is 1. The van der Waals surface area contributed by atoms with Crippen LogP contribution in [0.1, 0.15) is 36.3 Å². The molecule has 2 amide bonds. The van der Waals surface area contributed by atoms with Gasteiger partial charge < -0.3 is 15.1 Å². The van der Waals surface area contributed by atoms with E-state index in [1.54, 1.807) is 5.56 Å². The van der Waals surface area contributed by atoms with E-state index in [9.17, 15) is 4.79 Å². The molecule has 1 N–H and O–H groups in total. The largest absolute Gasteiger partial charge is 0.338 e. The summed E-state index contributed by atoms with van der Waals surface area (Å²) in [7, 11) is 2.21. The molecule has 25 heavy (non-hydrogen) atoms. The molecule has 2 heterocycles. The molecule has 0 radical (unpaired) electrons. The van der Waals surface area contributed by atoms with E-state index in [2.05, 4.69) is 46.4 Å². The van der Waals surface area contributed by atoms with Gasteiger partial charge in [-0.15, -0.1) is 0 Å². The highest BCUT2D eigenvalue weighted by molar-refractivity contribution is 5.75. The molecule has 2 aliphatic heterocycles. The average molecular weight is 339 g/mol. The van der Waals surface area contributed by atoms with Crippen molar-refractivity contribution < 1.29 is 4.79 Å². The average Bonchev–Trinajstić information content (AvgIpc) is 3.17. The number of carbonyl (C=O) groups is 1. The van der Waals surface area contributed by atoms with Crippen molar-refractivity contribution in [3.8, 4) is 0 Å². The Morgan fingerprint density at radius 2 is 2.12 bits per heavy atom. The number of nitrogens with one attached hydrogen (secondary N) is 1. The number of rotatable bonds is 2. The molecule has 2 saturated heterocycles. The van der Waals surface area contributed by atoms with Gasteiger partial charge in [0, 0.05) is 25.7 Å². The smallest absolute Gasteiger partial charge is 0.317 e. The van der Waals surface area contributed by atoms with Crippen molar-refractivity contribution in [3.05, 3.63) is 35.4 Å². The van der Waals surface area contributed by atoms with Crippen molar-refractivity contribution in [2.75, 3.05) is 33.2 Å². The molecule has 0 bridgehead atoms. The predicted octanol–water partition coefficient (Wildman–Crippen LogP) is 2.70. The standard InChI is InChI=1S/C21H29N3O/c1-23-10-8-19-15(13-23)6-4-9-24(19)21(25)22-12-18-17-11-14-5-2-3-7-16(14)20(17)18/h2-3,5,7,15,17-20H,4,6,8-13H2,1H3,(H,22,25). The third kappa shape index (κ3) is 2.66. The number of likely N-dealkylation sites (tertiary alicyclic amines) is 2. The van der Waals surface area contributed by atoms with Crippen LogP contribution >= 0.6 is 0 Å². The molecule has 5 atom stereocenters. The van der Waals surface area contributed by atoms with Crippen LogP contribution in [0.2, 0.25) is 0 Å². The second kappa shape index (κ2) is 6.01. The lowest BCUT2D eigenvalue weighted by molar-refractivity contribution is 0.0533. The van der Waals surface area contributed by atoms with E-state index in [4.69, 9.17) is 0 Å². The zero-order valence-electron chi connectivity index (χ0n) is 15.2. The lowest BCUT2D eigenvalue weighted by atomic mass is 9.84. The molecule has 4 heteroatoms. The van der Waals surface area contributed by atoms with E-state index in [0.717, 1.165) is 44.9 Å². The molecule has 5 rings (SSSR count). The Morgan fingerprint density at radius 3 is 3.04 bits per heavy atom. The van der Waals surface area contributed by atoms with Crippen molar-refractivity contribution in [3.63, 3.8) is 0 Å². The summed E-state index contributed by atoms with van der Waals surface area (Å²) in [6.45, 7) is 4.07. The summed E-state index contributed by atoms with van der Waals surface area (Å²) in [6, 6.07) is 9.51. The molecule has 1 aromatic carbocycles. The molecule has 1 aromatic rings. The first-order chi connectivity index (χ1) is 12.2. The lowest BCUT2D eigenvalue weighted by Crippen LogP contribution is -2.57. The van der Waals surface area contributed by atoms with E-state index in [0.29, 0.717) is 23.8 Å². The molecule has 3 fully saturated rings. The fourth-order valence-corrected chi connectivity index (χ4v) is 5.91. The first-order valence-corrected chi connectivity index (χ1v) is 10.0. The Hall–Kier alpha value is -1.55. The van der Waals surface area contributed by atoms with Gasteiger partial charge in [0.1, 0.15) is 0 Å². The number of piperidine rings is 2.